The molecule has 0 fully saturated rings. The Hall–Kier alpha value is -1.95. The first-order valence-corrected chi connectivity index (χ1v) is 8.48. The van der Waals surface area contributed by atoms with E-state index in [-0.39, 0.29) is 6.61 Å². The van der Waals surface area contributed by atoms with Crippen LogP contribution in [0.15, 0.2) is 42.5 Å². The van der Waals surface area contributed by atoms with Crippen LogP contribution >= 0.6 is 11.6 Å². The highest BCUT2D eigenvalue weighted by Crippen LogP contribution is 2.27. The van der Waals surface area contributed by atoms with Gasteiger partial charge in [0.1, 0.15) is 18.5 Å². The highest BCUT2D eigenvalue weighted by molar-refractivity contribution is 6.30. The maximum absolute atomic E-state index is 9.97. The lowest BCUT2D eigenvalue weighted by atomic mass is 10.1. The summed E-state index contributed by atoms with van der Waals surface area (Å²) in [5, 5.41) is 13.8. The summed E-state index contributed by atoms with van der Waals surface area (Å²) in [6.45, 7) is 1.40. The number of rotatable bonds is 10. The summed E-state index contributed by atoms with van der Waals surface area (Å²) < 4.78 is 16.0. The van der Waals surface area contributed by atoms with Gasteiger partial charge in [0.05, 0.1) is 14.2 Å². The Morgan fingerprint density at radius 1 is 1.08 bits per heavy atom. The summed E-state index contributed by atoms with van der Waals surface area (Å²) in [7, 11) is 3.24. The monoisotopic (exact) mass is 365 g/mol. The molecule has 2 aromatic carbocycles. The molecule has 0 aliphatic rings. The first-order valence-electron chi connectivity index (χ1n) is 8.10. The molecule has 0 unspecified atom stereocenters. The van der Waals surface area contributed by atoms with Gasteiger partial charge in [-0.15, -0.1) is 0 Å². The Morgan fingerprint density at radius 3 is 2.60 bits per heavy atom. The molecule has 0 aliphatic carbocycles. The second kappa shape index (κ2) is 10.1. The van der Waals surface area contributed by atoms with Crippen LogP contribution in [0.2, 0.25) is 5.02 Å². The Kier molecular flexibility index (Phi) is 7.85. The normalized spacial score (nSPS) is 11.8. The summed E-state index contributed by atoms with van der Waals surface area (Å²) in [6.07, 6.45) is 0.228. The fraction of sp³-hybridized carbons (Fsp3) is 0.368. The van der Waals surface area contributed by atoms with Crippen LogP contribution in [0.25, 0.3) is 0 Å². The van der Waals surface area contributed by atoms with E-state index in [1.807, 2.05) is 30.3 Å². The van der Waals surface area contributed by atoms with Crippen molar-refractivity contribution in [3.8, 4) is 17.2 Å². The van der Waals surface area contributed by atoms with E-state index in [2.05, 4.69) is 5.32 Å². The molecule has 0 heterocycles. The predicted molar refractivity (Wildman–Crippen MR) is 99.1 cm³/mol. The van der Waals surface area contributed by atoms with E-state index in [0.717, 1.165) is 24.3 Å². The number of halogens is 1. The molecule has 0 saturated carbocycles. The van der Waals surface area contributed by atoms with Crippen LogP contribution in [0.3, 0.4) is 0 Å². The average Bonchev–Trinajstić information content (AvgIpc) is 2.63. The summed E-state index contributed by atoms with van der Waals surface area (Å²) >= 11 is 5.89. The molecule has 2 N–H and O–H groups in total. The third-order valence-electron chi connectivity index (χ3n) is 3.66. The van der Waals surface area contributed by atoms with Gasteiger partial charge in [0.15, 0.2) is 11.5 Å². The van der Waals surface area contributed by atoms with E-state index in [0.29, 0.717) is 23.1 Å². The molecular weight excluding hydrogens is 342 g/mol. The highest BCUT2D eigenvalue weighted by Gasteiger charge is 2.07. The number of hydrogen-bond donors (Lipinski definition) is 2. The first kappa shape index (κ1) is 19.4. The van der Waals surface area contributed by atoms with E-state index >= 15 is 0 Å². The van der Waals surface area contributed by atoms with Crippen LogP contribution in [0.1, 0.15) is 5.56 Å². The summed E-state index contributed by atoms with van der Waals surface area (Å²) in [6, 6.07) is 13.0. The minimum absolute atomic E-state index is 0.212. The summed E-state index contributed by atoms with van der Waals surface area (Å²) in [4.78, 5) is 0. The van der Waals surface area contributed by atoms with Crippen molar-refractivity contribution in [3.63, 3.8) is 0 Å². The molecule has 0 saturated heterocycles. The molecule has 25 heavy (non-hydrogen) atoms. The van der Waals surface area contributed by atoms with Crippen molar-refractivity contribution < 1.29 is 19.3 Å². The van der Waals surface area contributed by atoms with Crippen LogP contribution in [-0.4, -0.2) is 45.1 Å². The minimum atomic E-state index is -0.593. The quantitative estimate of drug-likeness (QED) is 0.634. The number of ether oxygens (including phenoxy) is 3. The summed E-state index contributed by atoms with van der Waals surface area (Å²) in [5.41, 5.74) is 1.13. The van der Waals surface area contributed by atoms with Gasteiger partial charge in [0.2, 0.25) is 0 Å². The molecule has 6 heteroatoms. The van der Waals surface area contributed by atoms with Crippen LogP contribution in [0.5, 0.6) is 17.2 Å². The first-order chi connectivity index (χ1) is 12.1. The third kappa shape index (κ3) is 6.46. The van der Waals surface area contributed by atoms with Crippen molar-refractivity contribution in [2.75, 3.05) is 33.9 Å². The Labute approximate surface area is 153 Å². The Morgan fingerprint density at radius 2 is 1.88 bits per heavy atom. The Bertz CT molecular complexity index is 666. The molecule has 0 aliphatic heterocycles. The maximum Gasteiger partial charge on any atom is 0.160 e. The Balaban J connectivity index is 1.68. The molecular formula is C19H24ClNO4. The molecule has 0 aromatic heterocycles. The molecule has 2 aromatic rings. The lowest BCUT2D eigenvalue weighted by Crippen LogP contribution is -2.32. The second-order valence-corrected chi connectivity index (χ2v) is 6.00. The van der Waals surface area contributed by atoms with E-state index in [9.17, 15) is 5.11 Å². The van der Waals surface area contributed by atoms with Crippen molar-refractivity contribution in [3.05, 3.63) is 53.1 Å². The zero-order valence-electron chi connectivity index (χ0n) is 14.5. The van der Waals surface area contributed by atoms with Crippen molar-refractivity contribution >= 4 is 11.6 Å². The SMILES string of the molecule is COc1ccc(CCNC[C@@H](O)COc2cccc(Cl)c2)cc1OC. The standard InChI is InChI=1S/C19H24ClNO4/c1-23-18-7-6-14(10-19(18)24-2)8-9-21-12-16(22)13-25-17-5-3-4-15(20)11-17/h3-7,10-11,16,21-22H,8-9,12-13H2,1-2H3/t16-/m1/s1. The van der Waals surface area contributed by atoms with Gasteiger partial charge in [-0.25, -0.2) is 0 Å². The van der Waals surface area contributed by atoms with Crippen molar-refractivity contribution in [2.24, 2.45) is 0 Å². The molecule has 1 atom stereocenters. The van der Waals surface area contributed by atoms with Gasteiger partial charge in [-0.05, 0) is 48.9 Å². The minimum Gasteiger partial charge on any atom is -0.493 e. The zero-order valence-corrected chi connectivity index (χ0v) is 15.3. The van der Waals surface area contributed by atoms with Crippen LogP contribution in [-0.2, 0) is 6.42 Å². The largest absolute Gasteiger partial charge is 0.493 e. The van der Waals surface area contributed by atoms with Gasteiger partial charge in [-0.3, -0.25) is 0 Å². The smallest absolute Gasteiger partial charge is 0.160 e. The van der Waals surface area contributed by atoms with Gasteiger partial charge < -0.3 is 24.6 Å². The maximum atomic E-state index is 9.97. The van der Waals surface area contributed by atoms with Crippen LogP contribution in [0, 0.1) is 0 Å². The number of aliphatic hydroxyl groups is 1. The number of methoxy groups -OCH3 is 2. The topological polar surface area (TPSA) is 60.0 Å². The molecule has 5 nitrogen and oxygen atoms in total. The fourth-order valence-electron chi connectivity index (χ4n) is 2.35. The predicted octanol–water partition coefficient (Wildman–Crippen LogP) is 2.93. The molecule has 136 valence electrons. The third-order valence-corrected chi connectivity index (χ3v) is 3.89. The molecule has 0 radical (unpaired) electrons. The van der Waals surface area contributed by atoms with Crippen molar-refractivity contribution in [1.29, 1.82) is 0 Å². The number of aliphatic hydroxyl groups excluding tert-OH is 1. The molecule has 0 spiro atoms. The van der Waals surface area contributed by atoms with Gasteiger partial charge in [0, 0.05) is 11.6 Å². The van der Waals surface area contributed by atoms with Gasteiger partial charge >= 0.3 is 0 Å². The van der Waals surface area contributed by atoms with Crippen LogP contribution < -0.4 is 19.5 Å². The molecule has 0 bridgehead atoms. The molecule has 0 amide bonds. The lowest BCUT2D eigenvalue weighted by Gasteiger charge is -2.14. The van der Waals surface area contributed by atoms with E-state index in [1.54, 1.807) is 26.4 Å². The second-order valence-electron chi connectivity index (χ2n) is 5.57. The van der Waals surface area contributed by atoms with Crippen molar-refractivity contribution in [2.45, 2.75) is 12.5 Å². The number of benzene rings is 2. The van der Waals surface area contributed by atoms with Gasteiger partial charge in [-0.1, -0.05) is 23.7 Å². The summed E-state index contributed by atoms with van der Waals surface area (Å²) in [5.74, 6) is 2.08. The van der Waals surface area contributed by atoms with Crippen LogP contribution in [0.4, 0.5) is 0 Å². The van der Waals surface area contributed by atoms with Gasteiger partial charge in [-0.2, -0.15) is 0 Å². The lowest BCUT2D eigenvalue weighted by molar-refractivity contribution is 0.106. The zero-order chi connectivity index (χ0) is 18.1. The van der Waals surface area contributed by atoms with Crippen molar-refractivity contribution in [1.82, 2.24) is 5.32 Å². The van der Waals surface area contributed by atoms with E-state index < -0.39 is 6.10 Å². The van der Waals surface area contributed by atoms with Gasteiger partial charge in [0.25, 0.3) is 0 Å². The highest BCUT2D eigenvalue weighted by atomic mass is 35.5. The van der Waals surface area contributed by atoms with E-state index in [4.69, 9.17) is 25.8 Å². The number of hydrogen-bond acceptors (Lipinski definition) is 5. The van der Waals surface area contributed by atoms with E-state index in [1.165, 1.54) is 0 Å². The fourth-order valence-corrected chi connectivity index (χ4v) is 2.53. The average molecular weight is 366 g/mol. The number of nitrogens with one attached hydrogen (secondary N) is 1. The molecule has 2 rings (SSSR count).